The fraction of sp³-hybridized carbons (Fsp3) is 0.636. The average molecular weight is 254 g/mol. The molecule has 1 aliphatic rings. The maximum absolute atomic E-state index is 5.52. The van der Waals surface area contributed by atoms with Gasteiger partial charge in [0.15, 0.2) is 5.11 Å². The second-order valence-corrected chi connectivity index (χ2v) is 4.69. The van der Waals surface area contributed by atoms with Crippen LogP contribution in [0.5, 0.6) is 0 Å². The second kappa shape index (κ2) is 5.46. The van der Waals surface area contributed by atoms with Crippen LogP contribution in [0.4, 0.5) is 5.69 Å². The topological polar surface area (TPSA) is 62.0 Å². The summed E-state index contributed by atoms with van der Waals surface area (Å²) >= 11 is 5.24. The minimum Gasteiger partial charge on any atom is -0.376 e. The highest BCUT2D eigenvalue weighted by molar-refractivity contribution is 7.80. The molecule has 0 radical (unpaired) electrons. The number of thiocarbonyl (C=S) groups is 1. The van der Waals surface area contributed by atoms with Crippen molar-refractivity contribution in [2.24, 2.45) is 0 Å². The lowest BCUT2D eigenvalue weighted by atomic mass is 10.2. The average Bonchev–Trinajstić information content (AvgIpc) is 2.91. The Labute approximate surface area is 106 Å². The second-order valence-electron chi connectivity index (χ2n) is 4.28. The van der Waals surface area contributed by atoms with Crippen molar-refractivity contribution in [2.75, 3.05) is 18.5 Å². The van der Waals surface area contributed by atoms with Gasteiger partial charge < -0.3 is 15.4 Å². The Balaban J connectivity index is 1.80. The van der Waals surface area contributed by atoms with Crippen LogP contribution >= 0.6 is 12.2 Å². The van der Waals surface area contributed by atoms with E-state index in [1.54, 1.807) is 0 Å². The van der Waals surface area contributed by atoms with Crippen LogP contribution in [-0.4, -0.2) is 34.6 Å². The Kier molecular flexibility index (Phi) is 3.96. The number of aryl methyl sites for hydroxylation is 2. The minimum atomic E-state index is 0.293. The number of aromatic nitrogens is 2. The third-order valence-corrected chi connectivity index (χ3v) is 3.13. The molecule has 1 fully saturated rings. The van der Waals surface area contributed by atoms with Gasteiger partial charge >= 0.3 is 0 Å². The van der Waals surface area contributed by atoms with Gasteiger partial charge in [-0.25, -0.2) is 0 Å². The summed E-state index contributed by atoms with van der Waals surface area (Å²) in [6.45, 7) is 5.54. The van der Waals surface area contributed by atoms with E-state index in [4.69, 9.17) is 17.0 Å². The van der Waals surface area contributed by atoms with Crippen LogP contribution in [-0.2, 0) is 4.74 Å². The number of nitrogens with zero attached hydrogens (tertiary/aromatic N) is 1. The van der Waals surface area contributed by atoms with E-state index in [1.165, 1.54) is 0 Å². The molecule has 0 saturated carbocycles. The van der Waals surface area contributed by atoms with E-state index in [2.05, 4.69) is 20.8 Å². The molecule has 0 bridgehead atoms. The third kappa shape index (κ3) is 3.17. The first-order valence-corrected chi connectivity index (χ1v) is 6.25. The predicted molar refractivity (Wildman–Crippen MR) is 71.3 cm³/mol. The largest absolute Gasteiger partial charge is 0.376 e. The lowest BCUT2D eigenvalue weighted by molar-refractivity contribution is 0.114. The number of aromatic amines is 1. The first-order valence-electron chi connectivity index (χ1n) is 5.85. The molecule has 2 heterocycles. The van der Waals surface area contributed by atoms with E-state index in [-0.39, 0.29) is 0 Å². The van der Waals surface area contributed by atoms with Crippen molar-refractivity contribution in [1.82, 2.24) is 15.5 Å². The Bertz CT molecular complexity index is 379. The number of rotatable bonds is 3. The van der Waals surface area contributed by atoms with Gasteiger partial charge in [0.25, 0.3) is 0 Å². The van der Waals surface area contributed by atoms with E-state index in [9.17, 15) is 0 Å². The third-order valence-electron chi connectivity index (χ3n) is 2.88. The molecule has 1 unspecified atom stereocenters. The Morgan fingerprint density at radius 3 is 3.00 bits per heavy atom. The van der Waals surface area contributed by atoms with E-state index in [0.717, 1.165) is 43.1 Å². The van der Waals surface area contributed by atoms with Gasteiger partial charge in [0, 0.05) is 13.2 Å². The SMILES string of the molecule is Cc1n[nH]c(C)c1NC(=S)NCC1CCCO1. The van der Waals surface area contributed by atoms with Crippen molar-refractivity contribution in [2.45, 2.75) is 32.8 Å². The number of hydrogen-bond acceptors (Lipinski definition) is 3. The zero-order valence-electron chi connectivity index (χ0n) is 10.2. The van der Waals surface area contributed by atoms with Crippen molar-refractivity contribution in [3.8, 4) is 0 Å². The number of nitrogens with one attached hydrogen (secondary N) is 3. The summed E-state index contributed by atoms with van der Waals surface area (Å²) in [5.41, 5.74) is 2.86. The summed E-state index contributed by atoms with van der Waals surface area (Å²) in [7, 11) is 0. The molecule has 1 atom stereocenters. The summed E-state index contributed by atoms with van der Waals surface area (Å²) in [5, 5.41) is 14.0. The molecule has 1 aliphatic heterocycles. The summed E-state index contributed by atoms with van der Waals surface area (Å²) in [6.07, 6.45) is 2.55. The molecule has 1 aromatic rings. The summed E-state index contributed by atoms with van der Waals surface area (Å²) in [5.74, 6) is 0. The maximum atomic E-state index is 5.52. The molecule has 5 nitrogen and oxygen atoms in total. The van der Waals surface area contributed by atoms with Crippen LogP contribution in [0.25, 0.3) is 0 Å². The van der Waals surface area contributed by atoms with E-state index in [1.807, 2.05) is 13.8 Å². The lowest BCUT2D eigenvalue weighted by Crippen LogP contribution is -2.35. The van der Waals surface area contributed by atoms with E-state index >= 15 is 0 Å². The molecule has 0 aromatic carbocycles. The van der Waals surface area contributed by atoms with Gasteiger partial charge in [0.2, 0.25) is 0 Å². The Hall–Kier alpha value is -1.14. The quantitative estimate of drug-likeness (QED) is 0.713. The zero-order valence-corrected chi connectivity index (χ0v) is 11.0. The van der Waals surface area contributed by atoms with Gasteiger partial charge in [0.1, 0.15) is 0 Å². The van der Waals surface area contributed by atoms with Crippen molar-refractivity contribution in [3.05, 3.63) is 11.4 Å². The monoisotopic (exact) mass is 254 g/mol. The molecule has 0 amide bonds. The maximum Gasteiger partial charge on any atom is 0.170 e. The van der Waals surface area contributed by atoms with Crippen LogP contribution < -0.4 is 10.6 Å². The van der Waals surface area contributed by atoms with Gasteiger partial charge in [0.05, 0.1) is 23.2 Å². The van der Waals surface area contributed by atoms with Crippen molar-refractivity contribution in [3.63, 3.8) is 0 Å². The van der Waals surface area contributed by atoms with E-state index < -0.39 is 0 Å². The number of hydrogen-bond donors (Lipinski definition) is 3. The van der Waals surface area contributed by atoms with Crippen molar-refractivity contribution >= 4 is 23.0 Å². The molecule has 2 rings (SSSR count). The first kappa shape index (κ1) is 12.3. The molecular formula is C11H18N4OS. The predicted octanol–water partition coefficient (Wildman–Crippen LogP) is 1.49. The van der Waals surface area contributed by atoms with Crippen LogP contribution in [0.1, 0.15) is 24.2 Å². The minimum absolute atomic E-state index is 0.293. The Morgan fingerprint density at radius 2 is 2.41 bits per heavy atom. The molecule has 94 valence electrons. The number of anilines is 1. The van der Waals surface area contributed by atoms with Gasteiger partial charge in [-0.1, -0.05) is 0 Å². The molecule has 1 aromatic heterocycles. The van der Waals surface area contributed by atoms with Gasteiger partial charge in [-0.05, 0) is 38.9 Å². The number of H-pyrrole nitrogens is 1. The van der Waals surface area contributed by atoms with Crippen LogP contribution in [0.15, 0.2) is 0 Å². The fourth-order valence-corrected chi connectivity index (χ4v) is 2.09. The molecule has 3 N–H and O–H groups in total. The molecule has 17 heavy (non-hydrogen) atoms. The molecule has 0 spiro atoms. The van der Waals surface area contributed by atoms with Gasteiger partial charge in [-0.3, -0.25) is 5.10 Å². The molecule has 1 saturated heterocycles. The Morgan fingerprint density at radius 1 is 1.59 bits per heavy atom. The fourth-order valence-electron chi connectivity index (χ4n) is 1.90. The molecular weight excluding hydrogens is 236 g/mol. The van der Waals surface area contributed by atoms with E-state index in [0.29, 0.717) is 11.2 Å². The van der Waals surface area contributed by atoms with Crippen LogP contribution in [0.3, 0.4) is 0 Å². The molecule has 6 heteroatoms. The van der Waals surface area contributed by atoms with Crippen molar-refractivity contribution < 1.29 is 4.74 Å². The van der Waals surface area contributed by atoms with Crippen molar-refractivity contribution in [1.29, 1.82) is 0 Å². The first-order chi connectivity index (χ1) is 8.16. The lowest BCUT2D eigenvalue weighted by Gasteiger charge is -2.14. The van der Waals surface area contributed by atoms with Crippen LogP contribution in [0, 0.1) is 13.8 Å². The van der Waals surface area contributed by atoms with Gasteiger partial charge in [-0.2, -0.15) is 5.10 Å². The standard InChI is InChI=1S/C11H18N4OS/c1-7-10(8(2)15-14-7)13-11(17)12-6-9-4-3-5-16-9/h9H,3-6H2,1-2H3,(H,14,15)(H2,12,13,17). The highest BCUT2D eigenvalue weighted by Gasteiger charge is 2.15. The molecule has 0 aliphatic carbocycles. The normalized spacial score (nSPS) is 19.3. The highest BCUT2D eigenvalue weighted by atomic mass is 32.1. The summed E-state index contributed by atoms with van der Waals surface area (Å²) in [4.78, 5) is 0. The number of ether oxygens (including phenoxy) is 1. The summed E-state index contributed by atoms with van der Waals surface area (Å²) in [6, 6.07) is 0. The summed E-state index contributed by atoms with van der Waals surface area (Å²) < 4.78 is 5.52. The van der Waals surface area contributed by atoms with Crippen LogP contribution in [0.2, 0.25) is 0 Å². The van der Waals surface area contributed by atoms with Gasteiger partial charge in [-0.15, -0.1) is 0 Å². The highest BCUT2D eigenvalue weighted by Crippen LogP contribution is 2.16. The zero-order chi connectivity index (χ0) is 12.3. The smallest absolute Gasteiger partial charge is 0.170 e.